The monoisotopic (exact) mass is 372 g/mol. The first-order valence-corrected chi connectivity index (χ1v) is 10.0. The summed E-state index contributed by atoms with van der Waals surface area (Å²) >= 11 is 0. The molecule has 1 aliphatic rings. The summed E-state index contributed by atoms with van der Waals surface area (Å²) in [6.45, 7) is 4.80. The zero-order valence-corrected chi connectivity index (χ0v) is 16.3. The molecule has 0 atom stereocenters. The van der Waals surface area contributed by atoms with Gasteiger partial charge in [-0.2, -0.15) is 0 Å². The van der Waals surface area contributed by atoms with Crippen molar-refractivity contribution in [3.8, 4) is 22.5 Å². The van der Waals surface area contributed by atoms with E-state index in [1.165, 1.54) is 12.0 Å². The molecule has 2 aromatic carbocycles. The standard InChI is InChI=1S/C23H24N4O/c1-3-26-20-13-17(10-11-19(20)27(23(26)28)18-8-5-9-18)22-21(24-14-25-22)16-7-4-6-15(2)12-16/h4,6-7,10-14,18H,3,5,8-9H2,1-2H3,(H,24,25). The fourth-order valence-electron chi connectivity index (χ4n) is 4.26. The van der Waals surface area contributed by atoms with Crippen LogP contribution in [0.1, 0.15) is 37.8 Å². The Bertz CT molecular complexity index is 1220. The van der Waals surface area contributed by atoms with Crippen molar-refractivity contribution in [3.63, 3.8) is 0 Å². The van der Waals surface area contributed by atoms with Crippen LogP contribution in [0.15, 0.2) is 53.6 Å². The van der Waals surface area contributed by atoms with Crippen molar-refractivity contribution in [3.05, 3.63) is 64.8 Å². The van der Waals surface area contributed by atoms with Crippen LogP contribution >= 0.6 is 0 Å². The lowest BCUT2D eigenvalue weighted by atomic mass is 9.93. The highest BCUT2D eigenvalue weighted by Crippen LogP contribution is 2.35. The van der Waals surface area contributed by atoms with Crippen molar-refractivity contribution in [1.82, 2.24) is 19.1 Å². The number of imidazole rings is 2. The fraction of sp³-hybridized carbons (Fsp3) is 0.304. The predicted octanol–water partition coefficient (Wildman–Crippen LogP) is 4.91. The van der Waals surface area contributed by atoms with E-state index in [1.54, 1.807) is 6.33 Å². The molecule has 0 saturated heterocycles. The molecule has 5 nitrogen and oxygen atoms in total. The lowest BCUT2D eigenvalue weighted by Gasteiger charge is -2.26. The molecule has 1 N–H and O–H groups in total. The van der Waals surface area contributed by atoms with Crippen LogP contribution in [0.4, 0.5) is 0 Å². The molecule has 0 radical (unpaired) electrons. The minimum Gasteiger partial charge on any atom is -0.344 e. The number of aromatic amines is 1. The Morgan fingerprint density at radius 3 is 2.68 bits per heavy atom. The second-order valence-corrected chi connectivity index (χ2v) is 7.68. The fourth-order valence-corrected chi connectivity index (χ4v) is 4.26. The maximum atomic E-state index is 13.0. The van der Waals surface area contributed by atoms with Crippen molar-refractivity contribution < 1.29 is 0 Å². The maximum Gasteiger partial charge on any atom is 0.329 e. The number of hydrogen-bond donors (Lipinski definition) is 1. The molecule has 0 aliphatic heterocycles. The molecule has 0 unspecified atom stereocenters. The number of benzene rings is 2. The van der Waals surface area contributed by atoms with Crippen molar-refractivity contribution in [2.45, 2.75) is 45.7 Å². The van der Waals surface area contributed by atoms with Gasteiger partial charge in [-0.3, -0.25) is 9.13 Å². The molecule has 2 heterocycles. The predicted molar refractivity (Wildman–Crippen MR) is 113 cm³/mol. The Hall–Kier alpha value is -3.08. The average molecular weight is 372 g/mol. The number of nitrogens with one attached hydrogen (secondary N) is 1. The minimum atomic E-state index is 0.114. The van der Waals surface area contributed by atoms with E-state index in [-0.39, 0.29) is 5.69 Å². The molecule has 0 spiro atoms. The number of rotatable bonds is 4. The van der Waals surface area contributed by atoms with E-state index in [4.69, 9.17) is 0 Å². The molecular formula is C23H24N4O. The Kier molecular flexibility index (Phi) is 3.97. The van der Waals surface area contributed by atoms with Gasteiger partial charge in [0.05, 0.1) is 28.7 Å². The van der Waals surface area contributed by atoms with Crippen LogP contribution in [0, 0.1) is 6.92 Å². The first-order valence-electron chi connectivity index (χ1n) is 10.0. The van der Waals surface area contributed by atoms with Crippen LogP contribution in [0.25, 0.3) is 33.5 Å². The molecule has 0 bridgehead atoms. The number of aryl methyl sites for hydroxylation is 2. The van der Waals surface area contributed by atoms with Gasteiger partial charge in [-0.15, -0.1) is 0 Å². The van der Waals surface area contributed by atoms with E-state index in [0.717, 1.165) is 46.4 Å². The van der Waals surface area contributed by atoms with E-state index in [9.17, 15) is 4.79 Å². The highest BCUT2D eigenvalue weighted by atomic mass is 16.1. The van der Waals surface area contributed by atoms with Gasteiger partial charge in [0, 0.05) is 23.7 Å². The molecule has 142 valence electrons. The van der Waals surface area contributed by atoms with E-state index in [2.05, 4.69) is 59.4 Å². The van der Waals surface area contributed by atoms with Crippen LogP contribution in [-0.2, 0) is 6.54 Å². The van der Waals surface area contributed by atoms with Crippen LogP contribution in [0.5, 0.6) is 0 Å². The van der Waals surface area contributed by atoms with Crippen LogP contribution in [-0.4, -0.2) is 19.1 Å². The summed E-state index contributed by atoms with van der Waals surface area (Å²) in [7, 11) is 0. The Labute approximate surface area is 163 Å². The molecule has 1 fully saturated rings. The van der Waals surface area contributed by atoms with Gasteiger partial charge in [-0.1, -0.05) is 29.8 Å². The zero-order valence-electron chi connectivity index (χ0n) is 16.3. The minimum absolute atomic E-state index is 0.114. The highest BCUT2D eigenvalue weighted by molar-refractivity contribution is 5.86. The number of aromatic nitrogens is 4. The second-order valence-electron chi connectivity index (χ2n) is 7.68. The van der Waals surface area contributed by atoms with E-state index < -0.39 is 0 Å². The highest BCUT2D eigenvalue weighted by Gasteiger charge is 2.25. The molecule has 1 aliphatic carbocycles. The molecule has 1 saturated carbocycles. The van der Waals surface area contributed by atoms with Crippen LogP contribution < -0.4 is 5.69 Å². The first kappa shape index (κ1) is 17.0. The lowest BCUT2D eigenvalue weighted by molar-refractivity contribution is 0.311. The molecule has 5 heteroatoms. The molecule has 4 aromatic rings. The second kappa shape index (κ2) is 6.51. The Morgan fingerprint density at radius 1 is 1.11 bits per heavy atom. The van der Waals surface area contributed by atoms with Crippen molar-refractivity contribution >= 4 is 11.0 Å². The largest absolute Gasteiger partial charge is 0.344 e. The normalized spacial score (nSPS) is 14.5. The summed E-state index contributed by atoms with van der Waals surface area (Å²) in [6.07, 6.45) is 5.15. The van der Waals surface area contributed by atoms with E-state index >= 15 is 0 Å². The molecule has 5 rings (SSSR count). The van der Waals surface area contributed by atoms with Crippen molar-refractivity contribution in [2.24, 2.45) is 0 Å². The van der Waals surface area contributed by atoms with Gasteiger partial charge < -0.3 is 4.98 Å². The third-order valence-corrected chi connectivity index (χ3v) is 5.94. The van der Waals surface area contributed by atoms with Gasteiger partial charge in [0.2, 0.25) is 0 Å². The number of H-pyrrole nitrogens is 1. The maximum absolute atomic E-state index is 13.0. The quantitative estimate of drug-likeness (QED) is 0.553. The summed E-state index contributed by atoms with van der Waals surface area (Å²) in [5, 5.41) is 0. The zero-order chi connectivity index (χ0) is 19.3. The summed E-state index contributed by atoms with van der Waals surface area (Å²) < 4.78 is 3.89. The van der Waals surface area contributed by atoms with E-state index in [1.807, 2.05) is 16.1 Å². The number of fused-ring (bicyclic) bond motifs is 1. The third kappa shape index (κ3) is 2.53. The smallest absolute Gasteiger partial charge is 0.329 e. The lowest BCUT2D eigenvalue weighted by Crippen LogP contribution is -2.30. The molecule has 28 heavy (non-hydrogen) atoms. The summed E-state index contributed by atoms with van der Waals surface area (Å²) in [6, 6.07) is 15.0. The molecule has 2 aromatic heterocycles. The first-order chi connectivity index (χ1) is 13.7. The third-order valence-electron chi connectivity index (χ3n) is 5.94. The number of hydrogen-bond acceptors (Lipinski definition) is 2. The Morgan fingerprint density at radius 2 is 1.96 bits per heavy atom. The Balaban J connectivity index is 1.68. The van der Waals surface area contributed by atoms with Crippen molar-refractivity contribution in [2.75, 3.05) is 0 Å². The number of nitrogens with zero attached hydrogens (tertiary/aromatic N) is 3. The van der Waals surface area contributed by atoms with Gasteiger partial charge in [-0.05, 0) is 51.3 Å². The van der Waals surface area contributed by atoms with Crippen LogP contribution in [0.2, 0.25) is 0 Å². The summed E-state index contributed by atoms with van der Waals surface area (Å²) in [5.74, 6) is 0. The summed E-state index contributed by atoms with van der Waals surface area (Å²) in [5.41, 5.74) is 7.43. The summed E-state index contributed by atoms with van der Waals surface area (Å²) in [4.78, 5) is 20.9. The van der Waals surface area contributed by atoms with Crippen molar-refractivity contribution in [1.29, 1.82) is 0 Å². The topological polar surface area (TPSA) is 55.6 Å². The van der Waals surface area contributed by atoms with Gasteiger partial charge in [-0.25, -0.2) is 9.78 Å². The van der Waals surface area contributed by atoms with E-state index in [0.29, 0.717) is 12.6 Å². The molecular weight excluding hydrogens is 348 g/mol. The SMILES string of the molecule is CCn1c(=O)n(C2CCC2)c2ccc(-c3[nH]cnc3-c3cccc(C)c3)cc21. The van der Waals surface area contributed by atoms with Gasteiger partial charge >= 0.3 is 5.69 Å². The average Bonchev–Trinajstić information content (AvgIpc) is 3.24. The van der Waals surface area contributed by atoms with Crippen LogP contribution in [0.3, 0.4) is 0 Å². The van der Waals surface area contributed by atoms with Gasteiger partial charge in [0.1, 0.15) is 0 Å². The van der Waals surface area contributed by atoms with Gasteiger partial charge in [0.25, 0.3) is 0 Å². The molecule has 0 amide bonds. The van der Waals surface area contributed by atoms with Gasteiger partial charge in [0.15, 0.2) is 0 Å².